The molecule has 0 unspecified atom stereocenters. The second-order valence-electron chi connectivity index (χ2n) is 6.11. The molecule has 0 atom stereocenters. The molecule has 122 valence electrons. The molecule has 1 saturated heterocycles. The Morgan fingerprint density at radius 2 is 1.96 bits per heavy atom. The van der Waals surface area contributed by atoms with Gasteiger partial charge in [0.2, 0.25) is 0 Å². The number of benzene rings is 1. The maximum absolute atomic E-state index is 12.5. The van der Waals surface area contributed by atoms with Crippen LogP contribution in [0, 0.1) is 13.8 Å². The molecule has 0 radical (unpaired) electrons. The zero-order valence-electron chi connectivity index (χ0n) is 13.2. The van der Waals surface area contributed by atoms with Gasteiger partial charge in [0.25, 0.3) is 5.91 Å². The van der Waals surface area contributed by atoms with Gasteiger partial charge in [0, 0.05) is 37.0 Å². The molecule has 23 heavy (non-hydrogen) atoms. The van der Waals surface area contributed by atoms with Crippen molar-refractivity contribution in [2.24, 2.45) is 0 Å². The Bertz CT molecular complexity index is 772. The molecular formula is C17H20N2O4. The molecule has 1 aliphatic rings. The summed E-state index contributed by atoms with van der Waals surface area (Å²) in [6.45, 7) is 4.68. The van der Waals surface area contributed by atoms with Crippen molar-refractivity contribution < 1.29 is 19.4 Å². The predicted molar refractivity (Wildman–Crippen MR) is 85.7 cm³/mol. The van der Waals surface area contributed by atoms with Crippen LogP contribution >= 0.6 is 0 Å². The topological polar surface area (TPSA) is 91.4 Å². The number of hydrogen-bond acceptors (Lipinski definition) is 3. The van der Waals surface area contributed by atoms with Crippen LogP contribution < -0.4 is 5.32 Å². The summed E-state index contributed by atoms with van der Waals surface area (Å²) in [6, 6.07) is 5.70. The average Bonchev–Trinajstić information content (AvgIpc) is 2.97. The molecule has 0 aliphatic carbocycles. The number of carbonyl (C=O) groups excluding carboxylic acids is 1. The molecule has 2 aromatic rings. The Morgan fingerprint density at radius 1 is 1.26 bits per heavy atom. The van der Waals surface area contributed by atoms with Crippen molar-refractivity contribution in [1.82, 2.24) is 10.3 Å². The van der Waals surface area contributed by atoms with E-state index in [2.05, 4.69) is 10.3 Å². The quantitative estimate of drug-likeness (QED) is 0.809. The van der Waals surface area contributed by atoms with E-state index in [1.165, 1.54) is 0 Å². The van der Waals surface area contributed by atoms with E-state index in [1.807, 2.05) is 26.0 Å². The normalized spacial score (nSPS) is 17.1. The lowest BCUT2D eigenvalue weighted by atomic mass is 9.90. The molecular weight excluding hydrogens is 296 g/mol. The van der Waals surface area contributed by atoms with Gasteiger partial charge in [-0.3, -0.25) is 4.79 Å². The summed E-state index contributed by atoms with van der Waals surface area (Å²) < 4.78 is 5.22. The Morgan fingerprint density at radius 3 is 2.61 bits per heavy atom. The van der Waals surface area contributed by atoms with Gasteiger partial charge in [-0.1, -0.05) is 6.07 Å². The highest BCUT2D eigenvalue weighted by atomic mass is 16.5. The lowest BCUT2D eigenvalue weighted by molar-refractivity contribution is -0.148. The molecule has 3 N–H and O–H groups in total. The van der Waals surface area contributed by atoms with Crippen LogP contribution in [0.25, 0.3) is 10.9 Å². The molecule has 1 amide bonds. The first-order valence-electron chi connectivity index (χ1n) is 7.65. The van der Waals surface area contributed by atoms with Gasteiger partial charge < -0.3 is 20.1 Å². The summed E-state index contributed by atoms with van der Waals surface area (Å²) in [5.74, 6) is -1.42. The fourth-order valence-electron chi connectivity index (χ4n) is 2.98. The van der Waals surface area contributed by atoms with Crippen LogP contribution in [0.2, 0.25) is 0 Å². The van der Waals surface area contributed by atoms with Gasteiger partial charge in [-0.25, -0.2) is 4.79 Å². The first kappa shape index (κ1) is 15.6. The van der Waals surface area contributed by atoms with Crippen molar-refractivity contribution >= 4 is 22.8 Å². The third-order valence-corrected chi connectivity index (χ3v) is 4.70. The Hall–Kier alpha value is -2.34. The van der Waals surface area contributed by atoms with Gasteiger partial charge in [0.15, 0.2) is 0 Å². The maximum atomic E-state index is 12.5. The molecule has 3 rings (SSSR count). The standard InChI is InChI=1S/C17H20N2O4/c1-10-3-4-13-12(11(10)2)9-14(18-13)15(20)19-17(16(21)22)5-7-23-8-6-17/h3-4,9,18H,5-8H2,1-2H3,(H,19,20)(H,21,22). The van der Waals surface area contributed by atoms with Crippen LogP contribution in [0.5, 0.6) is 0 Å². The van der Waals surface area contributed by atoms with E-state index in [1.54, 1.807) is 6.07 Å². The van der Waals surface area contributed by atoms with Gasteiger partial charge in [-0.2, -0.15) is 0 Å². The minimum atomic E-state index is -1.25. The van der Waals surface area contributed by atoms with Crippen LogP contribution in [0.1, 0.15) is 34.5 Å². The molecule has 0 spiro atoms. The number of hydrogen-bond donors (Lipinski definition) is 3. The highest BCUT2D eigenvalue weighted by molar-refractivity contribution is 6.01. The second-order valence-corrected chi connectivity index (χ2v) is 6.11. The number of aryl methyl sites for hydroxylation is 2. The first-order chi connectivity index (χ1) is 10.9. The van der Waals surface area contributed by atoms with Crippen molar-refractivity contribution in [3.05, 3.63) is 35.0 Å². The fraction of sp³-hybridized carbons (Fsp3) is 0.412. The lowest BCUT2D eigenvalue weighted by Crippen LogP contribution is -2.57. The molecule has 2 heterocycles. The number of carboxylic acid groups (broad SMARTS) is 1. The number of rotatable bonds is 3. The maximum Gasteiger partial charge on any atom is 0.329 e. The average molecular weight is 316 g/mol. The summed E-state index contributed by atoms with van der Waals surface area (Å²) in [5, 5.41) is 13.2. The number of aromatic amines is 1. The Balaban J connectivity index is 1.91. The number of nitrogens with one attached hydrogen (secondary N) is 2. The van der Waals surface area contributed by atoms with Crippen LogP contribution in [0.15, 0.2) is 18.2 Å². The van der Waals surface area contributed by atoms with Crippen LogP contribution in [0.3, 0.4) is 0 Å². The molecule has 1 aromatic carbocycles. The molecule has 1 aromatic heterocycles. The summed E-state index contributed by atoms with van der Waals surface area (Å²) >= 11 is 0. The number of carbonyl (C=O) groups is 2. The van der Waals surface area contributed by atoms with Crippen molar-refractivity contribution in [1.29, 1.82) is 0 Å². The van der Waals surface area contributed by atoms with E-state index in [-0.39, 0.29) is 12.8 Å². The van der Waals surface area contributed by atoms with Gasteiger partial charge in [-0.15, -0.1) is 0 Å². The van der Waals surface area contributed by atoms with Crippen molar-refractivity contribution in [2.45, 2.75) is 32.2 Å². The summed E-state index contributed by atoms with van der Waals surface area (Å²) in [6.07, 6.45) is 0.541. The summed E-state index contributed by atoms with van der Waals surface area (Å²) in [7, 11) is 0. The van der Waals surface area contributed by atoms with Crippen LogP contribution in [-0.2, 0) is 9.53 Å². The van der Waals surface area contributed by atoms with Gasteiger partial charge in [0.05, 0.1) is 0 Å². The van der Waals surface area contributed by atoms with Crippen molar-refractivity contribution in [3.63, 3.8) is 0 Å². The third kappa shape index (κ3) is 2.70. The molecule has 6 heteroatoms. The minimum Gasteiger partial charge on any atom is -0.480 e. The monoisotopic (exact) mass is 316 g/mol. The number of aromatic nitrogens is 1. The molecule has 1 aliphatic heterocycles. The number of H-pyrrole nitrogens is 1. The van der Waals surface area contributed by atoms with E-state index in [0.717, 1.165) is 22.0 Å². The lowest BCUT2D eigenvalue weighted by Gasteiger charge is -2.33. The number of aliphatic carboxylic acids is 1. The zero-order chi connectivity index (χ0) is 16.6. The number of ether oxygens (including phenoxy) is 1. The Kier molecular flexibility index (Phi) is 3.85. The SMILES string of the molecule is Cc1ccc2[nH]c(C(=O)NC3(C(=O)O)CCOCC3)cc2c1C. The molecule has 1 fully saturated rings. The second kappa shape index (κ2) is 5.70. The summed E-state index contributed by atoms with van der Waals surface area (Å²) in [5.41, 5.74) is 2.25. The van der Waals surface area contributed by atoms with E-state index in [9.17, 15) is 14.7 Å². The number of amides is 1. The smallest absolute Gasteiger partial charge is 0.329 e. The molecule has 6 nitrogen and oxygen atoms in total. The minimum absolute atomic E-state index is 0.270. The summed E-state index contributed by atoms with van der Waals surface area (Å²) in [4.78, 5) is 27.2. The van der Waals surface area contributed by atoms with E-state index >= 15 is 0 Å². The highest BCUT2D eigenvalue weighted by Crippen LogP contribution is 2.25. The van der Waals surface area contributed by atoms with Gasteiger partial charge in [-0.05, 0) is 37.1 Å². The van der Waals surface area contributed by atoms with E-state index in [4.69, 9.17) is 4.74 Å². The molecule has 0 bridgehead atoms. The van der Waals surface area contributed by atoms with Crippen molar-refractivity contribution in [3.8, 4) is 0 Å². The van der Waals surface area contributed by atoms with Gasteiger partial charge in [0.1, 0.15) is 11.2 Å². The van der Waals surface area contributed by atoms with E-state index < -0.39 is 17.4 Å². The first-order valence-corrected chi connectivity index (χ1v) is 7.65. The van der Waals surface area contributed by atoms with Crippen LogP contribution in [0.4, 0.5) is 0 Å². The largest absolute Gasteiger partial charge is 0.480 e. The third-order valence-electron chi connectivity index (χ3n) is 4.70. The van der Waals surface area contributed by atoms with Crippen LogP contribution in [-0.4, -0.2) is 40.7 Å². The number of fused-ring (bicyclic) bond motifs is 1. The fourth-order valence-corrected chi connectivity index (χ4v) is 2.98. The highest BCUT2D eigenvalue weighted by Gasteiger charge is 2.42. The zero-order valence-corrected chi connectivity index (χ0v) is 13.2. The van der Waals surface area contributed by atoms with Crippen molar-refractivity contribution in [2.75, 3.05) is 13.2 Å². The molecule has 0 saturated carbocycles. The predicted octanol–water partition coefficient (Wildman–Crippen LogP) is 2.15. The van der Waals surface area contributed by atoms with Gasteiger partial charge >= 0.3 is 5.97 Å². The Labute approximate surface area is 133 Å². The number of carboxylic acids is 1. The van der Waals surface area contributed by atoms with E-state index in [0.29, 0.717) is 18.9 Å².